The Morgan fingerprint density at radius 1 is 1.03 bits per heavy atom. The minimum atomic E-state index is -0.360. The minimum absolute atomic E-state index is 0.138. The maximum absolute atomic E-state index is 12.0. The van der Waals surface area contributed by atoms with Gasteiger partial charge in [0.2, 0.25) is 0 Å². The highest BCUT2D eigenvalue weighted by Crippen LogP contribution is 2.31. The van der Waals surface area contributed by atoms with Gasteiger partial charge in [0.05, 0.1) is 17.8 Å². The van der Waals surface area contributed by atoms with Crippen LogP contribution in [0.1, 0.15) is 5.56 Å². The first kappa shape index (κ1) is 21.1. The van der Waals surface area contributed by atoms with Crippen molar-refractivity contribution in [1.82, 2.24) is 5.43 Å². The molecule has 0 aliphatic heterocycles. The molecule has 3 rings (SSSR count). The van der Waals surface area contributed by atoms with Crippen LogP contribution in [0.2, 0.25) is 0 Å². The second-order valence-corrected chi connectivity index (χ2v) is 7.75. The number of hydrazone groups is 1. The highest BCUT2D eigenvalue weighted by molar-refractivity contribution is 9.11. The summed E-state index contributed by atoms with van der Waals surface area (Å²) in [6.07, 6.45) is 1.51. The first-order valence-electron chi connectivity index (χ1n) is 8.70. The zero-order chi connectivity index (χ0) is 20.6. The smallest absolute Gasteiger partial charge is 0.277 e. The van der Waals surface area contributed by atoms with Gasteiger partial charge >= 0.3 is 0 Å². The molecule has 0 spiro atoms. The Hall–Kier alpha value is -2.64. The van der Waals surface area contributed by atoms with Crippen LogP contribution in [0.3, 0.4) is 0 Å². The SMILES string of the molecule is COc1c(Br)cc(Br)cc1/C=N\NC(=O)COc1ccc(-c2ccccc2)cc1. The van der Waals surface area contributed by atoms with Gasteiger partial charge in [0, 0.05) is 10.0 Å². The Bertz CT molecular complexity index is 1010. The third-order valence-electron chi connectivity index (χ3n) is 3.97. The molecule has 0 aliphatic rings. The topological polar surface area (TPSA) is 59.9 Å². The maximum Gasteiger partial charge on any atom is 0.277 e. The predicted octanol–water partition coefficient (Wildman–Crippen LogP) is 5.42. The lowest BCUT2D eigenvalue weighted by Crippen LogP contribution is -2.24. The van der Waals surface area contributed by atoms with E-state index >= 15 is 0 Å². The number of halogens is 2. The number of amides is 1. The molecule has 0 bridgehead atoms. The Morgan fingerprint density at radius 2 is 1.72 bits per heavy atom. The lowest BCUT2D eigenvalue weighted by Gasteiger charge is -2.08. The molecule has 148 valence electrons. The molecule has 5 nitrogen and oxygen atoms in total. The molecule has 0 radical (unpaired) electrons. The van der Waals surface area contributed by atoms with Crippen LogP contribution in [0.15, 0.2) is 80.8 Å². The first-order valence-corrected chi connectivity index (χ1v) is 10.3. The van der Waals surface area contributed by atoms with Gasteiger partial charge < -0.3 is 9.47 Å². The molecule has 0 heterocycles. The zero-order valence-corrected chi connectivity index (χ0v) is 18.7. The molecule has 0 aliphatic carbocycles. The average molecular weight is 518 g/mol. The van der Waals surface area contributed by atoms with Crippen LogP contribution < -0.4 is 14.9 Å². The summed E-state index contributed by atoms with van der Waals surface area (Å²) in [5.74, 6) is 0.878. The van der Waals surface area contributed by atoms with Crippen LogP contribution in [0, 0.1) is 0 Å². The summed E-state index contributed by atoms with van der Waals surface area (Å²) >= 11 is 6.84. The summed E-state index contributed by atoms with van der Waals surface area (Å²) in [6.45, 7) is -0.138. The normalized spacial score (nSPS) is 10.7. The number of benzene rings is 3. The number of rotatable bonds is 7. The molecule has 3 aromatic carbocycles. The average Bonchev–Trinajstić information content (AvgIpc) is 2.73. The van der Waals surface area contributed by atoms with Crippen LogP contribution in [-0.4, -0.2) is 25.8 Å². The van der Waals surface area contributed by atoms with E-state index in [-0.39, 0.29) is 12.5 Å². The fraction of sp³-hybridized carbons (Fsp3) is 0.0909. The molecule has 0 saturated carbocycles. The van der Waals surface area contributed by atoms with E-state index < -0.39 is 0 Å². The Labute approximate surface area is 186 Å². The van der Waals surface area contributed by atoms with Gasteiger partial charge in [-0.1, -0.05) is 58.4 Å². The van der Waals surface area contributed by atoms with Gasteiger partial charge in [0.1, 0.15) is 11.5 Å². The summed E-state index contributed by atoms with van der Waals surface area (Å²) in [5, 5.41) is 3.97. The van der Waals surface area contributed by atoms with Crippen molar-refractivity contribution < 1.29 is 14.3 Å². The number of nitrogens with zero attached hydrogens (tertiary/aromatic N) is 1. The van der Waals surface area contributed by atoms with E-state index in [1.807, 2.05) is 66.7 Å². The first-order chi connectivity index (χ1) is 14.1. The molecule has 29 heavy (non-hydrogen) atoms. The molecule has 1 amide bonds. The minimum Gasteiger partial charge on any atom is -0.495 e. The second kappa shape index (κ2) is 10.2. The molecule has 3 aromatic rings. The van der Waals surface area contributed by atoms with E-state index in [0.29, 0.717) is 17.1 Å². The lowest BCUT2D eigenvalue weighted by atomic mass is 10.1. The number of hydrogen-bond donors (Lipinski definition) is 1. The Kier molecular flexibility index (Phi) is 7.43. The number of methoxy groups -OCH3 is 1. The predicted molar refractivity (Wildman–Crippen MR) is 122 cm³/mol. The molecular weight excluding hydrogens is 500 g/mol. The fourth-order valence-corrected chi connectivity index (χ4v) is 4.04. The molecule has 0 aromatic heterocycles. The maximum atomic E-state index is 12.0. The Balaban J connectivity index is 1.53. The van der Waals surface area contributed by atoms with E-state index in [1.54, 1.807) is 7.11 Å². The Morgan fingerprint density at radius 3 is 2.41 bits per heavy atom. The third kappa shape index (κ3) is 5.92. The van der Waals surface area contributed by atoms with Crippen LogP contribution >= 0.6 is 31.9 Å². The van der Waals surface area contributed by atoms with Gasteiger partial charge in [-0.15, -0.1) is 0 Å². The number of carbonyl (C=O) groups is 1. The van der Waals surface area contributed by atoms with Crippen molar-refractivity contribution in [2.45, 2.75) is 0 Å². The summed E-state index contributed by atoms with van der Waals surface area (Å²) in [4.78, 5) is 12.0. The van der Waals surface area contributed by atoms with Gasteiger partial charge in [-0.3, -0.25) is 4.79 Å². The second-order valence-electron chi connectivity index (χ2n) is 5.98. The summed E-state index contributed by atoms with van der Waals surface area (Å²) < 4.78 is 12.5. The lowest BCUT2D eigenvalue weighted by molar-refractivity contribution is -0.123. The highest BCUT2D eigenvalue weighted by atomic mass is 79.9. The van der Waals surface area contributed by atoms with Crippen molar-refractivity contribution in [1.29, 1.82) is 0 Å². The molecule has 1 N–H and O–H groups in total. The van der Waals surface area contributed by atoms with Crippen molar-refractivity contribution in [2.75, 3.05) is 13.7 Å². The standard InChI is InChI=1S/C22H18Br2N2O3/c1-28-22-17(11-18(23)12-20(22)24)13-25-26-21(27)14-29-19-9-7-16(8-10-19)15-5-3-2-4-6-15/h2-13H,14H2,1H3,(H,26,27)/b25-13-. The van der Waals surface area contributed by atoms with Crippen LogP contribution in [0.4, 0.5) is 0 Å². The summed E-state index contributed by atoms with van der Waals surface area (Å²) in [6, 6.07) is 21.3. The number of carbonyl (C=O) groups excluding carboxylic acids is 1. The van der Waals surface area contributed by atoms with Gasteiger partial charge in [-0.25, -0.2) is 5.43 Å². The summed E-state index contributed by atoms with van der Waals surface area (Å²) in [5.41, 5.74) is 5.37. The molecule has 0 fully saturated rings. The van der Waals surface area contributed by atoms with Gasteiger partial charge in [0.15, 0.2) is 6.61 Å². The quantitative estimate of drug-likeness (QED) is 0.336. The van der Waals surface area contributed by atoms with Gasteiger partial charge in [-0.05, 0) is 51.3 Å². The van der Waals surface area contributed by atoms with Crippen LogP contribution in [0.25, 0.3) is 11.1 Å². The molecule has 0 atom stereocenters. The molecule has 7 heteroatoms. The monoisotopic (exact) mass is 516 g/mol. The number of hydrogen-bond acceptors (Lipinski definition) is 4. The van der Waals surface area contributed by atoms with Gasteiger partial charge in [-0.2, -0.15) is 5.10 Å². The van der Waals surface area contributed by atoms with Crippen molar-refractivity contribution in [3.8, 4) is 22.6 Å². The fourth-order valence-electron chi connectivity index (χ4n) is 2.62. The van der Waals surface area contributed by atoms with E-state index in [4.69, 9.17) is 9.47 Å². The van der Waals surface area contributed by atoms with E-state index in [9.17, 15) is 4.79 Å². The van der Waals surface area contributed by atoms with Crippen molar-refractivity contribution in [3.63, 3.8) is 0 Å². The number of ether oxygens (including phenoxy) is 2. The number of nitrogens with one attached hydrogen (secondary N) is 1. The highest BCUT2D eigenvalue weighted by Gasteiger charge is 2.08. The van der Waals surface area contributed by atoms with Crippen molar-refractivity contribution in [3.05, 3.63) is 81.2 Å². The largest absolute Gasteiger partial charge is 0.495 e. The molecule has 0 saturated heterocycles. The van der Waals surface area contributed by atoms with Crippen LogP contribution in [-0.2, 0) is 4.79 Å². The van der Waals surface area contributed by atoms with E-state index in [2.05, 4.69) is 42.4 Å². The van der Waals surface area contributed by atoms with Crippen molar-refractivity contribution >= 4 is 44.0 Å². The van der Waals surface area contributed by atoms with Crippen molar-refractivity contribution in [2.24, 2.45) is 5.10 Å². The summed E-state index contributed by atoms with van der Waals surface area (Å²) in [7, 11) is 1.57. The zero-order valence-electron chi connectivity index (χ0n) is 15.6. The van der Waals surface area contributed by atoms with E-state index in [1.165, 1.54) is 6.21 Å². The van der Waals surface area contributed by atoms with Crippen LogP contribution in [0.5, 0.6) is 11.5 Å². The van der Waals surface area contributed by atoms with E-state index in [0.717, 1.165) is 20.1 Å². The third-order valence-corrected chi connectivity index (χ3v) is 5.01. The van der Waals surface area contributed by atoms with Gasteiger partial charge in [0.25, 0.3) is 5.91 Å². The molecular formula is C22H18Br2N2O3. The molecule has 0 unspecified atom stereocenters.